The SMILES string of the molecule is Cc1ccc(-c2cnc(NC(=O)Cc3ccc(O[Si](C)(C)C(C)(C)C)cc3)c(-c3csc4ccccc34)n2)cc1. The molecule has 0 atom stereocenters. The number of amides is 1. The molecule has 0 aliphatic heterocycles. The van der Waals surface area contributed by atoms with Crippen molar-refractivity contribution in [2.24, 2.45) is 0 Å². The smallest absolute Gasteiger partial charge is 0.250 e. The van der Waals surface area contributed by atoms with Crippen molar-refractivity contribution in [3.05, 3.63) is 95.5 Å². The standard InChI is InChI=1S/C33H35N3O2SSi/c1-22-11-15-24(16-12-22)28-20-34-32(31(35-28)27-21-39-29-10-8-7-9-26(27)29)36-30(37)19-23-13-17-25(18-14-23)38-40(5,6)33(2,3)4/h7-18,20-21H,19H2,1-6H3,(H,34,36,37). The van der Waals surface area contributed by atoms with E-state index >= 15 is 0 Å². The van der Waals surface area contributed by atoms with Gasteiger partial charge in [-0.1, -0.05) is 80.9 Å². The van der Waals surface area contributed by atoms with Gasteiger partial charge in [-0.3, -0.25) is 4.79 Å². The summed E-state index contributed by atoms with van der Waals surface area (Å²) >= 11 is 1.66. The maximum Gasteiger partial charge on any atom is 0.250 e. The fraction of sp³-hybridized carbons (Fsp3) is 0.242. The Bertz CT molecular complexity index is 1650. The molecular weight excluding hydrogens is 531 g/mol. The first-order valence-electron chi connectivity index (χ1n) is 13.5. The van der Waals surface area contributed by atoms with Gasteiger partial charge in [-0.05, 0) is 48.8 Å². The van der Waals surface area contributed by atoms with Crippen molar-refractivity contribution in [3.63, 3.8) is 0 Å². The summed E-state index contributed by atoms with van der Waals surface area (Å²) in [6, 6.07) is 24.3. The van der Waals surface area contributed by atoms with Gasteiger partial charge in [-0.15, -0.1) is 11.3 Å². The molecule has 3 aromatic carbocycles. The molecular formula is C33H35N3O2SSi. The van der Waals surface area contributed by atoms with Crippen LogP contribution in [0.4, 0.5) is 5.82 Å². The van der Waals surface area contributed by atoms with Crippen LogP contribution >= 0.6 is 11.3 Å². The predicted molar refractivity (Wildman–Crippen MR) is 170 cm³/mol. The lowest BCUT2D eigenvalue weighted by Gasteiger charge is -2.36. The van der Waals surface area contributed by atoms with Crippen LogP contribution in [0.1, 0.15) is 31.9 Å². The molecule has 0 saturated carbocycles. The zero-order valence-corrected chi connectivity index (χ0v) is 25.7. The van der Waals surface area contributed by atoms with Crippen molar-refractivity contribution in [3.8, 4) is 28.3 Å². The van der Waals surface area contributed by atoms with Crippen LogP contribution in [0.3, 0.4) is 0 Å². The molecule has 0 unspecified atom stereocenters. The molecule has 2 heterocycles. The first kappa shape index (κ1) is 27.7. The van der Waals surface area contributed by atoms with Crippen molar-refractivity contribution >= 4 is 41.5 Å². The van der Waals surface area contributed by atoms with Crippen molar-refractivity contribution in [1.29, 1.82) is 0 Å². The number of nitrogens with zero attached hydrogens (tertiary/aromatic N) is 2. The molecule has 2 aromatic heterocycles. The molecule has 204 valence electrons. The van der Waals surface area contributed by atoms with E-state index in [0.717, 1.165) is 38.2 Å². The lowest BCUT2D eigenvalue weighted by molar-refractivity contribution is -0.115. The van der Waals surface area contributed by atoms with Crippen molar-refractivity contribution < 1.29 is 9.22 Å². The van der Waals surface area contributed by atoms with Crippen molar-refractivity contribution in [2.75, 3.05) is 5.32 Å². The summed E-state index contributed by atoms with van der Waals surface area (Å²) in [5.74, 6) is 1.17. The van der Waals surface area contributed by atoms with Gasteiger partial charge >= 0.3 is 0 Å². The van der Waals surface area contributed by atoms with Crippen molar-refractivity contribution in [1.82, 2.24) is 9.97 Å². The first-order valence-corrected chi connectivity index (χ1v) is 17.3. The molecule has 1 amide bonds. The molecule has 5 nitrogen and oxygen atoms in total. The number of rotatable bonds is 7. The Balaban J connectivity index is 1.40. The number of hydrogen-bond acceptors (Lipinski definition) is 5. The minimum atomic E-state index is -1.92. The lowest BCUT2D eigenvalue weighted by atomic mass is 10.1. The van der Waals surface area contributed by atoms with E-state index < -0.39 is 8.32 Å². The highest BCUT2D eigenvalue weighted by atomic mass is 32.1. The number of fused-ring (bicyclic) bond motifs is 1. The molecule has 5 aromatic rings. The number of carbonyl (C=O) groups excluding carboxylic acids is 1. The van der Waals surface area contributed by atoms with Gasteiger partial charge in [0.1, 0.15) is 11.4 Å². The number of aryl methyl sites for hydroxylation is 1. The molecule has 0 bridgehead atoms. The molecule has 5 rings (SSSR count). The second-order valence-corrected chi connectivity index (χ2v) is 17.3. The van der Waals surface area contributed by atoms with E-state index in [1.165, 1.54) is 5.56 Å². The minimum Gasteiger partial charge on any atom is -0.544 e. The van der Waals surface area contributed by atoms with Crippen LogP contribution in [0.5, 0.6) is 5.75 Å². The Kier molecular flexibility index (Phi) is 7.62. The number of nitrogens with one attached hydrogen (secondary N) is 1. The van der Waals surface area contributed by atoms with E-state index in [0.29, 0.717) is 11.5 Å². The average Bonchev–Trinajstić information content (AvgIpc) is 3.34. The van der Waals surface area contributed by atoms with Gasteiger partial charge < -0.3 is 9.74 Å². The van der Waals surface area contributed by atoms with Gasteiger partial charge in [0.25, 0.3) is 0 Å². The fourth-order valence-corrected chi connectivity index (χ4v) is 6.15. The van der Waals surface area contributed by atoms with E-state index in [1.54, 1.807) is 17.5 Å². The summed E-state index contributed by atoms with van der Waals surface area (Å²) in [5, 5.41) is 6.34. The summed E-state index contributed by atoms with van der Waals surface area (Å²) in [4.78, 5) is 22.9. The highest BCUT2D eigenvalue weighted by molar-refractivity contribution is 7.17. The molecule has 0 radical (unpaired) electrons. The van der Waals surface area contributed by atoms with Crippen LogP contribution < -0.4 is 9.74 Å². The summed E-state index contributed by atoms with van der Waals surface area (Å²) in [5.41, 5.74) is 5.47. The molecule has 0 fully saturated rings. The topological polar surface area (TPSA) is 64.1 Å². The van der Waals surface area contributed by atoms with Gasteiger partial charge in [0.2, 0.25) is 14.2 Å². The molecule has 0 spiro atoms. The van der Waals surface area contributed by atoms with E-state index in [4.69, 9.17) is 14.4 Å². The molecule has 0 aliphatic rings. The van der Waals surface area contributed by atoms with E-state index in [1.807, 2.05) is 48.5 Å². The van der Waals surface area contributed by atoms with E-state index in [-0.39, 0.29) is 17.4 Å². The number of anilines is 1. The number of carbonyl (C=O) groups is 1. The van der Waals surface area contributed by atoms with Crippen LogP contribution in [0.25, 0.3) is 32.6 Å². The molecule has 40 heavy (non-hydrogen) atoms. The maximum atomic E-state index is 13.2. The monoisotopic (exact) mass is 565 g/mol. The molecule has 0 saturated heterocycles. The first-order chi connectivity index (χ1) is 19.0. The summed E-state index contributed by atoms with van der Waals surface area (Å²) in [6.45, 7) is 13.2. The third kappa shape index (κ3) is 6.00. The molecule has 0 aliphatic carbocycles. The van der Waals surface area contributed by atoms with Gasteiger partial charge in [-0.25, -0.2) is 9.97 Å². The summed E-state index contributed by atoms with van der Waals surface area (Å²) in [7, 11) is -1.92. The second-order valence-electron chi connectivity index (χ2n) is 11.7. The van der Waals surface area contributed by atoms with Crippen LogP contribution in [-0.2, 0) is 11.2 Å². The van der Waals surface area contributed by atoms with Crippen molar-refractivity contribution in [2.45, 2.75) is 52.2 Å². The Morgan fingerprint density at radius 2 is 1.68 bits per heavy atom. The second kappa shape index (κ2) is 11.0. The van der Waals surface area contributed by atoms with Crippen LogP contribution in [0.2, 0.25) is 18.1 Å². The number of hydrogen-bond donors (Lipinski definition) is 1. The predicted octanol–water partition coefficient (Wildman–Crippen LogP) is 8.90. The van der Waals surface area contributed by atoms with E-state index in [9.17, 15) is 4.79 Å². The molecule has 1 N–H and O–H groups in total. The third-order valence-corrected chi connectivity index (χ3v) is 12.9. The number of benzene rings is 3. The Morgan fingerprint density at radius 3 is 2.38 bits per heavy atom. The third-order valence-electron chi connectivity index (χ3n) is 7.58. The zero-order chi connectivity index (χ0) is 28.5. The van der Waals surface area contributed by atoms with Crippen LogP contribution in [0.15, 0.2) is 84.4 Å². The summed E-state index contributed by atoms with van der Waals surface area (Å²) < 4.78 is 7.55. The van der Waals surface area contributed by atoms with E-state index in [2.05, 4.69) is 75.8 Å². The largest absolute Gasteiger partial charge is 0.544 e. The quantitative estimate of drug-likeness (QED) is 0.200. The van der Waals surface area contributed by atoms with Crippen LogP contribution in [0, 0.1) is 6.92 Å². The number of aromatic nitrogens is 2. The van der Waals surface area contributed by atoms with Gasteiger partial charge in [-0.2, -0.15) is 0 Å². The highest BCUT2D eigenvalue weighted by Crippen LogP contribution is 2.38. The maximum absolute atomic E-state index is 13.2. The average molecular weight is 566 g/mol. The Hall–Kier alpha value is -3.81. The lowest BCUT2D eigenvalue weighted by Crippen LogP contribution is -2.43. The zero-order valence-electron chi connectivity index (χ0n) is 23.9. The Labute approximate surface area is 241 Å². The van der Waals surface area contributed by atoms with Gasteiger partial charge in [0.15, 0.2) is 5.82 Å². The normalized spacial score (nSPS) is 11.9. The highest BCUT2D eigenvalue weighted by Gasteiger charge is 2.38. The summed E-state index contributed by atoms with van der Waals surface area (Å²) in [6.07, 6.45) is 1.96. The van der Waals surface area contributed by atoms with Gasteiger partial charge in [0, 0.05) is 26.6 Å². The fourth-order valence-electron chi connectivity index (χ4n) is 4.18. The molecule has 7 heteroatoms. The Morgan fingerprint density at radius 1 is 0.975 bits per heavy atom. The van der Waals surface area contributed by atoms with Gasteiger partial charge in [0.05, 0.1) is 18.3 Å². The number of thiophene rings is 1. The minimum absolute atomic E-state index is 0.118. The van der Waals surface area contributed by atoms with Crippen LogP contribution in [-0.4, -0.2) is 24.2 Å².